The van der Waals surface area contributed by atoms with Gasteiger partial charge in [0.2, 0.25) is 0 Å². The lowest BCUT2D eigenvalue weighted by molar-refractivity contribution is 1.02. The standard InChI is InChI=1S/C16H14N2/c1-12-5-4-6-13-8-9-15(18-16(12)13)11-14-7-2-3-10-17-14/h2-10H,11H2,1H3. The molecule has 0 atom stereocenters. The van der Waals surface area contributed by atoms with Gasteiger partial charge in [-0.1, -0.05) is 30.3 Å². The molecule has 0 aliphatic rings. The third kappa shape index (κ3) is 2.09. The van der Waals surface area contributed by atoms with Crippen molar-refractivity contribution in [3.05, 3.63) is 71.7 Å². The van der Waals surface area contributed by atoms with Crippen molar-refractivity contribution in [1.82, 2.24) is 9.97 Å². The Balaban J connectivity index is 2.01. The average molecular weight is 234 g/mol. The molecule has 3 rings (SSSR count). The molecule has 0 aliphatic heterocycles. The number of benzene rings is 1. The summed E-state index contributed by atoms with van der Waals surface area (Å²) in [4.78, 5) is 9.07. The number of rotatable bonds is 2. The van der Waals surface area contributed by atoms with Crippen molar-refractivity contribution < 1.29 is 0 Å². The molecule has 88 valence electrons. The quantitative estimate of drug-likeness (QED) is 0.678. The van der Waals surface area contributed by atoms with Crippen molar-refractivity contribution in [2.75, 3.05) is 0 Å². The van der Waals surface area contributed by atoms with Gasteiger partial charge in [0.1, 0.15) is 0 Å². The molecule has 0 amide bonds. The Labute approximate surface area is 106 Å². The number of nitrogens with zero attached hydrogens (tertiary/aromatic N) is 2. The summed E-state index contributed by atoms with van der Waals surface area (Å²) in [6.45, 7) is 2.10. The molecule has 1 aromatic carbocycles. The van der Waals surface area contributed by atoms with Crippen LogP contribution in [0.2, 0.25) is 0 Å². The number of pyridine rings is 2. The van der Waals surface area contributed by atoms with Crippen LogP contribution in [0.25, 0.3) is 10.9 Å². The number of aromatic nitrogens is 2. The minimum absolute atomic E-state index is 0.783. The van der Waals surface area contributed by atoms with Gasteiger partial charge in [0.05, 0.1) is 5.52 Å². The van der Waals surface area contributed by atoms with Crippen LogP contribution in [-0.2, 0) is 6.42 Å². The molecule has 0 bridgehead atoms. The first-order chi connectivity index (χ1) is 8.83. The van der Waals surface area contributed by atoms with Crippen molar-refractivity contribution in [2.45, 2.75) is 13.3 Å². The Morgan fingerprint density at radius 3 is 2.67 bits per heavy atom. The van der Waals surface area contributed by atoms with Gasteiger partial charge in [-0.05, 0) is 30.7 Å². The first-order valence-corrected chi connectivity index (χ1v) is 6.08. The van der Waals surface area contributed by atoms with Crippen LogP contribution in [0.4, 0.5) is 0 Å². The van der Waals surface area contributed by atoms with Gasteiger partial charge in [-0.15, -0.1) is 0 Å². The molecule has 18 heavy (non-hydrogen) atoms. The van der Waals surface area contributed by atoms with E-state index in [2.05, 4.69) is 42.2 Å². The SMILES string of the molecule is Cc1cccc2ccc(Cc3ccccn3)nc12. The van der Waals surface area contributed by atoms with Crippen LogP contribution >= 0.6 is 0 Å². The van der Waals surface area contributed by atoms with E-state index >= 15 is 0 Å². The molecule has 2 heterocycles. The van der Waals surface area contributed by atoms with Crippen molar-refractivity contribution in [3.63, 3.8) is 0 Å². The van der Waals surface area contributed by atoms with E-state index in [1.54, 1.807) is 0 Å². The largest absolute Gasteiger partial charge is 0.261 e. The summed E-state index contributed by atoms with van der Waals surface area (Å²) in [6, 6.07) is 16.4. The number of hydrogen-bond donors (Lipinski definition) is 0. The van der Waals surface area contributed by atoms with Crippen molar-refractivity contribution in [1.29, 1.82) is 0 Å². The van der Waals surface area contributed by atoms with E-state index in [1.165, 1.54) is 10.9 Å². The zero-order chi connectivity index (χ0) is 12.4. The van der Waals surface area contributed by atoms with Gasteiger partial charge in [0, 0.05) is 29.4 Å². The predicted octanol–water partition coefficient (Wildman–Crippen LogP) is 3.53. The van der Waals surface area contributed by atoms with Gasteiger partial charge < -0.3 is 0 Å². The van der Waals surface area contributed by atoms with Crippen molar-refractivity contribution in [3.8, 4) is 0 Å². The van der Waals surface area contributed by atoms with E-state index in [-0.39, 0.29) is 0 Å². The number of fused-ring (bicyclic) bond motifs is 1. The van der Waals surface area contributed by atoms with Crippen LogP contribution < -0.4 is 0 Å². The van der Waals surface area contributed by atoms with Crippen molar-refractivity contribution in [2.24, 2.45) is 0 Å². The number of aryl methyl sites for hydroxylation is 1. The maximum Gasteiger partial charge on any atom is 0.0734 e. The molecule has 0 radical (unpaired) electrons. The zero-order valence-corrected chi connectivity index (χ0v) is 10.3. The topological polar surface area (TPSA) is 25.8 Å². The van der Waals surface area contributed by atoms with Gasteiger partial charge in [0.25, 0.3) is 0 Å². The molecular formula is C16H14N2. The molecule has 2 aromatic heterocycles. The summed E-state index contributed by atoms with van der Waals surface area (Å²) >= 11 is 0. The minimum atomic E-state index is 0.783. The molecule has 0 saturated carbocycles. The third-order valence-electron chi connectivity index (χ3n) is 3.07. The number of para-hydroxylation sites is 1. The lowest BCUT2D eigenvalue weighted by Gasteiger charge is -2.04. The summed E-state index contributed by atoms with van der Waals surface area (Å²) in [5.74, 6) is 0. The zero-order valence-electron chi connectivity index (χ0n) is 10.3. The Bertz CT molecular complexity index is 675. The fourth-order valence-electron chi connectivity index (χ4n) is 2.12. The lowest BCUT2D eigenvalue weighted by atomic mass is 10.1. The van der Waals surface area contributed by atoms with Gasteiger partial charge >= 0.3 is 0 Å². The van der Waals surface area contributed by atoms with E-state index in [1.807, 2.05) is 24.4 Å². The van der Waals surface area contributed by atoms with E-state index in [0.29, 0.717) is 0 Å². The highest BCUT2D eigenvalue weighted by Crippen LogP contribution is 2.17. The summed E-state index contributed by atoms with van der Waals surface area (Å²) in [5, 5.41) is 1.19. The number of hydrogen-bond acceptors (Lipinski definition) is 2. The molecule has 0 spiro atoms. The molecule has 0 unspecified atom stereocenters. The second-order valence-electron chi connectivity index (χ2n) is 4.45. The molecule has 2 nitrogen and oxygen atoms in total. The highest BCUT2D eigenvalue weighted by Gasteiger charge is 2.02. The van der Waals surface area contributed by atoms with Crippen LogP contribution in [0, 0.1) is 6.92 Å². The first-order valence-electron chi connectivity index (χ1n) is 6.08. The normalized spacial score (nSPS) is 10.7. The predicted molar refractivity (Wildman–Crippen MR) is 73.5 cm³/mol. The van der Waals surface area contributed by atoms with Crippen LogP contribution in [0.5, 0.6) is 0 Å². The first kappa shape index (κ1) is 10.9. The van der Waals surface area contributed by atoms with Crippen LogP contribution in [0.1, 0.15) is 17.0 Å². The van der Waals surface area contributed by atoms with Crippen LogP contribution in [0.3, 0.4) is 0 Å². The fraction of sp³-hybridized carbons (Fsp3) is 0.125. The average Bonchev–Trinajstić information content (AvgIpc) is 2.41. The molecular weight excluding hydrogens is 220 g/mol. The molecule has 0 N–H and O–H groups in total. The summed E-state index contributed by atoms with van der Waals surface area (Å²) < 4.78 is 0. The molecule has 3 aromatic rings. The second-order valence-corrected chi connectivity index (χ2v) is 4.45. The molecule has 0 saturated heterocycles. The summed E-state index contributed by atoms with van der Waals surface area (Å²) in [7, 11) is 0. The lowest BCUT2D eigenvalue weighted by Crippen LogP contribution is -1.95. The van der Waals surface area contributed by atoms with E-state index in [9.17, 15) is 0 Å². The second kappa shape index (κ2) is 4.57. The monoisotopic (exact) mass is 234 g/mol. The van der Waals surface area contributed by atoms with Crippen LogP contribution in [0.15, 0.2) is 54.7 Å². The molecule has 2 heteroatoms. The van der Waals surface area contributed by atoms with Gasteiger partial charge in [-0.25, -0.2) is 0 Å². The highest BCUT2D eigenvalue weighted by atomic mass is 14.7. The molecule has 0 aliphatic carbocycles. The minimum Gasteiger partial charge on any atom is -0.261 e. The fourth-order valence-corrected chi connectivity index (χ4v) is 2.12. The van der Waals surface area contributed by atoms with E-state index in [4.69, 9.17) is 4.98 Å². The smallest absolute Gasteiger partial charge is 0.0734 e. The highest BCUT2D eigenvalue weighted by molar-refractivity contribution is 5.81. The maximum absolute atomic E-state index is 4.73. The van der Waals surface area contributed by atoms with Gasteiger partial charge in [-0.3, -0.25) is 9.97 Å². The van der Waals surface area contributed by atoms with E-state index < -0.39 is 0 Å². The Kier molecular flexibility index (Phi) is 2.77. The van der Waals surface area contributed by atoms with Crippen molar-refractivity contribution >= 4 is 10.9 Å². The Morgan fingerprint density at radius 1 is 0.889 bits per heavy atom. The van der Waals surface area contributed by atoms with Gasteiger partial charge in [-0.2, -0.15) is 0 Å². The maximum atomic E-state index is 4.73. The Hall–Kier alpha value is -2.22. The summed E-state index contributed by atoms with van der Waals surface area (Å²) in [5.41, 5.74) is 4.43. The van der Waals surface area contributed by atoms with Crippen LogP contribution in [-0.4, -0.2) is 9.97 Å². The Morgan fingerprint density at radius 2 is 1.83 bits per heavy atom. The third-order valence-corrected chi connectivity index (χ3v) is 3.07. The summed E-state index contributed by atoms with van der Waals surface area (Å²) in [6.07, 6.45) is 2.60. The van der Waals surface area contributed by atoms with Gasteiger partial charge in [0.15, 0.2) is 0 Å². The van der Waals surface area contributed by atoms with E-state index in [0.717, 1.165) is 23.3 Å². The molecule has 0 fully saturated rings.